The Hall–Kier alpha value is -2.99. The number of amides is 3. The van der Waals surface area contributed by atoms with Crippen LogP contribution in [0.2, 0.25) is 0 Å². The van der Waals surface area contributed by atoms with Crippen LogP contribution in [0.5, 0.6) is 0 Å². The summed E-state index contributed by atoms with van der Waals surface area (Å²) in [4.78, 5) is 30.0. The van der Waals surface area contributed by atoms with Gasteiger partial charge in [0.25, 0.3) is 0 Å². The van der Waals surface area contributed by atoms with Crippen LogP contribution in [0.4, 0.5) is 14.3 Å². The molecular formula is C18H18FN5O2S. The summed E-state index contributed by atoms with van der Waals surface area (Å²) < 4.78 is 13.1. The number of nitriles is 1. The average molecular weight is 387 g/mol. The molecule has 0 saturated heterocycles. The van der Waals surface area contributed by atoms with E-state index in [0.29, 0.717) is 29.2 Å². The third-order valence-electron chi connectivity index (χ3n) is 4.23. The van der Waals surface area contributed by atoms with Crippen molar-refractivity contribution in [3.63, 3.8) is 0 Å². The summed E-state index contributed by atoms with van der Waals surface area (Å²) in [5.74, 6) is -0.553. The second-order valence-electron chi connectivity index (χ2n) is 6.44. The van der Waals surface area contributed by atoms with Gasteiger partial charge in [-0.1, -0.05) is 12.1 Å². The minimum atomic E-state index is -0.858. The molecule has 3 amide bonds. The zero-order valence-corrected chi connectivity index (χ0v) is 15.5. The van der Waals surface area contributed by atoms with Crippen molar-refractivity contribution in [3.8, 4) is 6.07 Å². The van der Waals surface area contributed by atoms with E-state index in [1.165, 1.54) is 28.4 Å². The van der Waals surface area contributed by atoms with E-state index in [1.54, 1.807) is 24.6 Å². The summed E-state index contributed by atoms with van der Waals surface area (Å²) in [5.41, 5.74) is 0.421. The Morgan fingerprint density at radius 3 is 2.89 bits per heavy atom. The molecule has 1 fully saturated rings. The van der Waals surface area contributed by atoms with Crippen LogP contribution in [0.3, 0.4) is 0 Å². The van der Waals surface area contributed by atoms with Crippen LogP contribution >= 0.6 is 11.3 Å². The van der Waals surface area contributed by atoms with Gasteiger partial charge in [-0.3, -0.25) is 10.1 Å². The molecule has 1 aliphatic carbocycles. The van der Waals surface area contributed by atoms with Gasteiger partial charge in [0.2, 0.25) is 5.91 Å². The van der Waals surface area contributed by atoms with E-state index in [9.17, 15) is 14.0 Å². The summed E-state index contributed by atoms with van der Waals surface area (Å²) in [5, 5.41) is 16.5. The Balaban J connectivity index is 1.49. The van der Waals surface area contributed by atoms with E-state index in [-0.39, 0.29) is 24.8 Å². The highest BCUT2D eigenvalue weighted by Gasteiger charge is 2.52. The normalized spacial score (nSPS) is 14.1. The van der Waals surface area contributed by atoms with Gasteiger partial charge in [-0.15, -0.1) is 11.3 Å². The second kappa shape index (κ2) is 7.72. The van der Waals surface area contributed by atoms with Crippen molar-refractivity contribution in [1.29, 1.82) is 5.26 Å². The molecule has 0 atom stereocenters. The predicted octanol–water partition coefficient (Wildman–Crippen LogP) is 2.87. The van der Waals surface area contributed by atoms with Crippen molar-refractivity contribution in [1.82, 2.24) is 15.2 Å². The lowest BCUT2D eigenvalue weighted by Gasteiger charge is -2.18. The van der Waals surface area contributed by atoms with Gasteiger partial charge in [-0.25, -0.2) is 14.2 Å². The second-order valence-corrected chi connectivity index (χ2v) is 7.29. The first-order valence-corrected chi connectivity index (χ1v) is 9.20. The van der Waals surface area contributed by atoms with E-state index in [1.807, 2.05) is 0 Å². The van der Waals surface area contributed by atoms with Crippen LogP contribution in [-0.2, 0) is 17.9 Å². The molecule has 9 heteroatoms. The number of thiazole rings is 1. The third-order valence-corrected chi connectivity index (χ3v) is 5.04. The number of hydrogen-bond donors (Lipinski definition) is 2. The van der Waals surface area contributed by atoms with Crippen molar-refractivity contribution in [3.05, 3.63) is 46.7 Å². The molecule has 0 spiro atoms. The van der Waals surface area contributed by atoms with Crippen LogP contribution in [-0.4, -0.2) is 28.9 Å². The molecule has 3 rings (SSSR count). The number of carbonyl (C=O) groups excluding carboxylic acids is 2. The van der Waals surface area contributed by atoms with E-state index >= 15 is 0 Å². The van der Waals surface area contributed by atoms with Gasteiger partial charge in [0.05, 0.1) is 18.3 Å². The molecule has 7 nitrogen and oxygen atoms in total. The molecule has 2 N–H and O–H groups in total. The topological polar surface area (TPSA) is 98.1 Å². The van der Waals surface area contributed by atoms with Gasteiger partial charge in [0.1, 0.15) is 11.2 Å². The van der Waals surface area contributed by atoms with Gasteiger partial charge in [0, 0.05) is 19.0 Å². The average Bonchev–Trinajstić information content (AvgIpc) is 3.34. The molecule has 0 bridgehead atoms. The summed E-state index contributed by atoms with van der Waals surface area (Å²) in [7, 11) is 1.64. The molecule has 27 heavy (non-hydrogen) atoms. The van der Waals surface area contributed by atoms with Gasteiger partial charge in [-0.05, 0) is 30.5 Å². The van der Waals surface area contributed by atoms with Gasteiger partial charge >= 0.3 is 6.03 Å². The Labute approximate surface area is 159 Å². The number of carbonyl (C=O) groups is 2. The van der Waals surface area contributed by atoms with Crippen molar-refractivity contribution in [2.75, 3.05) is 12.4 Å². The number of rotatable bonds is 6. The number of hydrogen-bond acceptors (Lipinski definition) is 5. The minimum Gasteiger partial charge on any atom is -0.338 e. The van der Waals surface area contributed by atoms with E-state index in [2.05, 4.69) is 21.7 Å². The zero-order chi connectivity index (χ0) is 19.4. The maximum absolute atomic E-state index is 13.1. The van der Waals surface area contributed by atoms with Crippen LogP contribution in [0.15, 0.2) is 29.6 Å². The number of nitrogens with zero attached hydrogens (tertiary/aromatic N) is 3. The molecule has 2 aromatic rings. The van der Waals surface area contributed by atoms with Crippen molar-refractivity contribution >= 4 is 28.4 Å². The molecule has 0 unspecified atom stereocenters. The number of halogens is 1. The lowest BCUT2D eigenvalue weighted by atomic mass is 10.1. The maximum atomic E-state index is 13.1. The number of benzene rings is 1. The highest BCUT2D eigenvalue weighted by molar-refractivity contribution is 7.13. The molecule has 1 heterocycles. The fourth-order valence-corrected chi connectivity index (χ4v) is 3.28. The highest BCUT2D eigenvalue weighted by Crippen LogP contribution is 2.46. The van der Waals surface area contributed by atoms with E-state index < -0.39 is 11.4 Å². The van der Waals surface area contributed by atoms with Gasteiger partial charge < -0.3 is 10.2 Å². The van der Waals surface area contributed by atoms with E-state index in [0.717, 1.165) is 0 Å². The quantitative estimate of drug-likeness (QED) is 0.796. The number of aromatic nitrogens is 1. The summed E-state index contributed by atoms with van der Waals surface area (Å²) in [6.07, 6.45) is 1.20. The standard InChI is InChI=1S/C18H18FN5O2S/c1-24(15(25)18(11-20)5-6-18)9-14-10-27-17(22-14)23-16(26)21-8-12-3-2-4-13(19)7-12/h2-4,7,10H,5-6,8-9H2,1H3,(H2,21,22,23,26). The number of anilines is 1. The largest absolute Gasteiger partial charge is 0.338 e. The molecule has 1 aromatic heterocycles. The summed E-state index contributed by atoms with van der Waals surface area (Å²) >= 11 is 1.24. The Bertz CT molecular complexity index is 903. The van der Waals surface area contributed by atoms with Gasteiger partial charge in [0.15, 0.2) is 5.13 Å². The summed E-state index contributed by atoms with van der Waals surface area (Å²) in [6, 6.07) is 7.61. The molecule has 0 aliphatic heterocycles. The molecule has 0 radical (unpaired) electrons. The Kier molecular flexibility index (Phi) is 5.37. The fraction of sp³-hybridized carbons (Fsp3) is 0.333. The van der Waals surface area contributed by atoms with E-state index in [4.69, 9.17) is 5.26 Å². The van der Waals surface area contributed by atoms with Crippen molar-refractivity contribution in [2.24, 2.45) is 5.41 Å². The molecular weight excluding hydrogens is 369 g/mol. The van der Waals surface area contributed by atoms with Crippen LogP contribution in [0, 0.1) is 22.6 Å². The Morgan fingerprint density at radius 1 is 1.44 bits per heavy atom. The first kappa shape index (κ1) is 18.8. The first-order chi connectivity index (χ1) is 12.9. The SMILES string of the molecule is CN(Cc1csc(NC(=O)NCc2cccc(F)c2)n1)C(=O)C1(C#N)CC1. The zero-order valence-electron chi connectivity index (χ0n) is 14.7. The maximum Gasteiger partial charge on any atom is 0.321 e. The summed E-state index contributed by atoms with van der Waals surface area (Å²) in [6.45, 7) is 0.459. The number of nitrogens with one attached hydrogen (secondary N) is 2. The van der Waals surface area contributed by atoms with Crippen molar-refractivity contribution < 1.29 is 14.0 Å². The van der Waals surface area contributed by atoms with Crippen LogP contribution < -0.4 is 10.6 Å². The number of urea groups is 1. The smallest absolute Gasteiger partial charge is 0.321 e. The predicted molar refractivity (Wildman–Crippen MR) is 98.1 cm³/mol. The highest BCUT2D eigenvalue weighted by atomic mass is 32.1. The van der Waals surface area contributed by atoms with Crippen molar-refractivity contribution in [2.45, 2.75) is 25.9 Å². The fourth-order valence-electron chi connectivity index (χ4n) is 2.59. The van der Waals surface area contributed by atoms with Crippen LogP contribution in [0.1, 0.15) is 24.1 Å². The first-order valence-electron chi connectivity index (χ1n) is 8.32. The Morgan fingerprint density at radius 2 is 2.22 bits per heavy atom. The molecule has 1 aliphatic rings. The molecule has 1 aromatic carbocycles. The monoisotopic (exact) mass is 387 g/mol. The third kappa shape index (κ3) is 4.60. The molecule has 1 saturated carbocycles. The lowest BCUT2D eigenvalue weighted by molar-refractivity contribution is -0.134. The molecule has 140 valence electrons. The van der Waals surface area contributed by atoms with Gasteiger partial charge in [-0.2, -0.15) is 5.26 Å². The minimum absolute atomic E-state index is 0.190. The lowest BCUT2D eigenvalue weighted by Crippen LogP contribution is -2.33. The van der Waals surface area contributed by atoms with Crippen LogP contribution in [0.25, 0.3) is 0 Å².